The molecule has 0 radical (unpaired) electrons. The molecule has 0 atom stereocenters. The number of rotatable bonds is 5. The summed E-state index contributed by atoms with van der Waals surface area (Å²) < 4.78 is 6.33. The van der Waals surface area contributed by atoms with Gasteiger partial charge in [-0.15, -0.1) is 0 Å². The quantitative estimate of drug-likeness (QED) is 0.191. The van der Waals surface area contributed by atoms with Gasteiger partial charge in [0.1, 0.15) is 11.5 Å². The van der Waals surface area contributed by atoms with Gasteiger partial charge in [-0.25, -0.2) is 9.97 Å². The van der Waals surface area contributed by atoms with Crippen molar-refractivity contribution in [2.75, 3.05) is 0 Å². The van der Waals surface area contributed by atoms with Gasteiger partial charge in [0.2, 0.25) is 0 Å². The van der Waals surface area contributed by atoms with Crippen LogP contribution in [0.1, 0.15) is 5.56 Å². The van der Waals surface area contributed by atoms with Crippen LogP contribution in [0.15, 0.2) is 164 Å². The van der Waals surface area contributed by atoms with Gasteiger partial charge in [-0.1, -0.05) is 121 Å². The molecule has 0 saturated carbocycles. The molecular weight excluding hydrogens is 599 g/mol. The predicted molar refractivity (Wildman–Crippen MR) is 197 cm³/mol. The maximum atomic E-state index is 9.23. The third-order valence-corrected chi connectivity index (χ3v) is 9.13. The van der Waals surface area contributed by atoms with E-state index in [0.717, 1.165) is 72.8 Å². The lowest BCUT2D eigenvalue weighted by atomic mass is 9.92. The molecule has 0 N–H and O–H groups in total. The largest absolute Gasteiger partial charge is 0.456 e. The molecule has 4 nitrogen and oxygen atoms in total. The maximum absolute atomic E-state index is 9.23. The van der Waals surface area contributed by atoms with E-state index in [4.69, 9.17) is 14.7 Å². The number of nitrogens with zero attached hydrogens (tertiary/aromatic N) is 3. The van der Waals surface area contributed by atoms with Crippen molar-refractivity contribution in [1.82, 2.24) is 9.97 Å². The van der Waals surface area contributed by atoms with E-state index >= 15 is 0 Å². The summed E-state index contributed by atoms with van der Waals surface area (Å²) in [5, 5.41) is 11.6. The fourth-order valence-corrected chi connectivity index (χ4v) is 6.63. The van der Waals surface area contributed by atoms with E-state index < -0.39 is 0 Å². The van der Waals surface area contributed by atoms with Crippen molar-refractivity contribution >= 4 is 10.8 Å². The molecule has 1 aliphatic rings. The monoisotopic (exact) mass is 625 g/mol. The molecule has 0 bridgehead atoms. The Hall–Kier alpha value is -6.83. The molecule has 8 aromatic rings. The summed E-state index contributed by atoms with van der Waals surface area (Å²) in [6.45, 7) is 0. The standard InChI is InChI=1S/C45H27N3O/c46-28-29-15-17-30(18-16-29)35-11-4-12-37(25-35)41-27-40(47-45(48-41)34-7-2-1-3-8-34)32-21-19-31(20-22-32)36-23-24-42-39(26-36)38-13-5-9-33-10-6-14-43(49-42)44(33)38/h1-27H. The van der Waals surface area contributed by atoms with Gasteiger partial charge in [-0.3, -0.25) is 0 Å². The first-order valence-corrected chi connectivity index (χ1v) is 16.2. The van der Waals surface area contributed by atoms with E-state index in [1.54, 1.807) is 0 Å². The highest BCUT2D eigenvalue weighted by molar-refractivity contribution is 6.04. The summed E-state index contributed by atoms with van der Waals surface area (Å²) in [5.74, 6) is 2.44. The molecule has 0 aliphatic carbocycles. The van der Waals surface area contributed by atoms with Gasteiger partial charge >= 0.3 is 0 Å². The number of aromatic nitrogens is 2. The van der Waals surface area contributed by atoms with Crippen LogP contribution in [0, 0.1) is 11.3 Å². The summed E-state index contributed by atoms with van der Waals surface area (Å²) in [6, 6.07) is 58.0. The Morgan fingerprint density at radius 1 is 0.429 bits per heavy atom. The Balaban J connectivity index is 1.09. The minimum atomic E-state index is 0.642. The minimum Gasteiger partial charge on any atom is -0.456 e. The molecule has 9 rings (SSSR count). The zero-order chi connectivity index (χ0) is 32.7. The van der Waals surface area contributed by atoms with Crippen LogP contribution in [0.3, 0.4) is 0 Å². The highest BCUT2D eigenvalue weighted by Gasteiger charge is 2.20. The van der Waals surface area contributed by atoms with E-state index in [-0.39, 0.29) is 0 Å². The molecule has 7 aromatic carbocycles. The summed E-state index contributed by atoms with van der Waals surface area (Å²) in [5.41, 5.74) is 11.9. The van der Waals surface area contributed by atoms with Gasteiger partial charge in [0.15, 0.2) is 5.82 Å². The molecule has 2 heterocycles. The number of benzene rings is 7. The lowest BCUT2D eigenvalue weighted by Gasteiger charge is -2.22. The number of hydrogen-bond acceptors (Lipinski definition) is 4. The molecule has 228 valence electrons. The zero-order valence-corrected chi connectivity index (χ0v) is 26.3. The molecule has 1 aliphatic heterocycles. The summed E-state index contributed by atoms with van der Waals surface area (Å²) in [7, 11) is 0. The Labute approximate surface area is 284 Å². The predicted octanol–water partition coefficient (Wildman–Crippen LogP) is 11.6. The molecule has 49 heavy (non-hydrogen) atoms. The Bertz CT molecular complexity index is 2560. The van der Waals surface area contributed by atoms with Gasteiger partial charge < -0.3 is 4.74 Å². The third-order valence-electron chi connectivity index (χ3n) is 9.13. The second kappa shape index (κ2) is 11.8. The summed E-state index contributed by atoms with van der Waals surface area (Å²) in [6.07, 6.45) is 0. The lowest BCUT2D eigenvalue weighted by molar-refractivity contribution is 0.487. The Kier molecular flexibility index (Phi) is 6.81. The van der Waals surface area contributed by atoms with E-state index in [2.05, 4.69) is 97.1 Å². The average Bonchev–Trinajstić information content (AvgIpc) is 3.18. The molecule has 1 aromatic heterocycles. The van der Waals surface area contributed by atoms with E-state index in [1.807, 2.05) is 72.8 Å². The van der Waals surface area contributed by atoms with E-state index in [9.17, 15) is 5.26 Å². The Morgan fingerprint density at radius 2 is 1.04 bits per heavy atom. The zero-order valence-electron chi connectivity index (χ0n) is 26.3. The highest BCUT2D eigenvalue weighted by atomic mass is 16.5. The van der Waals surface area contributed by atoms with E-state index in [1.165, 1.54) is 10.9 Å². The number of hydrogen-bond donors (Lipinski definition) is 0. The van der Waals surface area contributed by atoms with Crippen LogP contribution in [-0.2, 0) is 0 Å². The van der Waals surface area contributed by atoms with Crippen LogP contribution < -0.4 is 4.74 Å². The van der Waals surface area contributed by atoms with Crippen molar-refractivity contribution in [2.24, 2.45) is 0 Å². The van der Waals surface area contributed by atoms with Gasteiger partial charge in [-0.2, -0.15) is 5.26 Å². The average molecular weight is 626 g/mol. The van der Waals surface area contributed by atoms with Crippen molar-refractivity contribution in [2.45, 2.75) is 0 Å². The fourth-order valence-electron chi connectivity index (χ4n) is 6.63. The number of ether oxygens (including phenoxy) is 1. The number of fused-ring (bicyclic) bond motifs is 2. The Morgan fingerprint density at radius 3 is 1.82 bits per heavy atom. The van der Waals surface area contributed by atoms with Crippen LogP contribution in [0.25, 0.3) is 78.1 Å². The molecule has 0 amide bonds. The van der Waals surface area contributed by atoms with Crippen molar-refractivity contribution in [3.8, 4) is 84.9 Å². The van der Waals surface area contributed by atoms with Crippen molar-refractivity contribution in [1.29, 1.82) is 5.26 Å². The van der Waals surface area contributed by atoms with Crippen LogP contribution >= 0.6 is 0 Å². The molecule has 4 heteroatoms. The first kappa shape index (κ1) is 28.4. The fraction of sp³-hybridized carbons (Fsp3) is 0. The normalized spacial score (nSPS) is 11.4. The molecule has 0 spiro atoms. The van der Waals surface area contributed by atoms with Gasteiger partial charge in [0.05, 0.1) is 23.0 Å². The van der Waals surface area contributed by atoms with Crippen LogP contribution in [0.4, 0.5) is 0 Å². The second-order valence-electron chi connectivity index (χ2n) is 12.1. The number of nitriles is 1. The molecule has 0 saturated heterocycles. The summed E-state index contributed by atoms with van der Waals surface area (Å²) >= 11 is 0. The highest BCUT2D eigenvalue weighted by Crippen LogP contribution is 2.47. The maximum Gasteiger partial charge on any atom is 0.160 e. The van der Waals surface area contributed by atoms with E-state index in [0.29, 0.717) is 11.4 Å². The van der Waals surface area contributed by atoms with Gasteiger partial charge in [0, 0.05) is 27.6 Å². The van der Waals surface area contributed by atoms with Gasteiger partial charge in [-0.05, 0) is 75.7 Å². The smallest absolute Gasteiger partial charge is 0.160 e. The van der Waals surface area contributed by atoms with Crippen LogP contribution in [-0.4, -0.2) is 9.97 Å². The van der Waals surface area contributed by atoms with Gasteiger partial charge in [0.25, 0.3) is 0 Å². The first-order valence-electron chi connectivity index (χ1n) is 16.2. The second-order valence-corrected chi connectivity index (χ2v) is 12.1. The van der Waals surface area contributed by atoms with Crippen LogP contribution in [0.2, 0.25) is 0 Å². The van der Waals surface area contributed by atoms with Crippen molar-refractivity contribution < 1.29 is 4.74 Å². The molecular formula is C45H27N3O. The first-order chi connectivity index (χ1) is 24.2. The topological polar surface area (TPSA) is 58.8 Å². The molecule has 0 fully saturated rings. The van der Waals surface area contributed by atoms with Crippen molar-refractivity contribution in [3.63, 3.8) is 0 Å². The third kappa shape index (κ3) is 5.20. The lowest BCUT2D eigenvalue weighted by Crippen LogP contribution is -1.97. The van der Waals surface area contributed by atoms with Crippen molar-refractivity contribution in [3.05, 3.63) is 169 Å². The molecule has 0 unspecified atom stereocenters. The summed E-state index contributed by atoms with van der Waals surface area (Å²) in [4.78, 5) is 10.1. The van der Waals surface area contributed by atoms with Crippen LogP contribution in [0.5, 0.6) is 11.5 Å². The SMILES string of the molecule is N#Cc1ccc(-c2cccc(-c3cc(-c4ccc(-c5ccc6c(c5)-c5cccc7cccc(c57)O6)cc4)nc(-c4ccccc4)n3)c2)cc1. The minimum absolute atomic E-state index is 0.642.